The quantitative estimate of drug-likeness (QED) is 0.678. The van der Waals surface area contributed by atoms with Gasteiger partial charge >= 0.3 is 5.91 Å². The van der Waals surface area contributed by atoms with Gasteiger partial charge in [-0.15, -0.1) is 0 Å². The molecule has 1 aliphatic heterocycles. The van der Waals surface area contributed by atoms with Gasteiger partial charge in [0.05, 0.1) is 30.8 Å². The molecule has 0 radical (unpaired) electrons. The smallest absolute Gasteiger partial charge is 0.314 e. The predicted molar refractivity (Wildman–Crippen MR) is 98.3 cm³/mol. The van der Waals surface area contributed by atoms with Crippen molar-refractivity contribution in [2.45, 2.75) is 38.5 Å². The Bertz CT molecular complexity index is 835. The Hall–Kier alpha value is -1.93. The Labute approximate surface area is 161 Å². The molecule has 0 unspecified atom stereocenters. The third-order valence-electron chi connectivity index (χ3n) is 5.88. The second-order valence-electron chi connectivity index (χ2n) is 6.51. The van der Waals surface area contributed by atoms with Gasteiger partial charge in [0.15, 0.2) is 10.8 Å². The monoisotopic (exact) mass is 417 g/mol. The summed E-state index contributed by atoms with van der Waals surface area (Å²) >= 11 is 3.44. The minimum Gasteiger partial charge on any atom is -0.314 e. The molecule has 0 spiro atoms. The van der Waals surface area contributed by atoms with Crippen LogP contribution in [0, 0.1) is 33.5 Å². The molecule has 0 aromatic heterocycles. The molecule has 3 atom stereocenters. The minimum atomic E-state index is -1.46. The van der Waals surface area contributed by atoms with Gasteiger partial charge in [-0.3, -0.25) is 5.73 Å². The number of amidine groups is 1. The van der Waals surface area contributed by atoms with Gasteiger partial charge in [-0.25, -0.2) is 4.99 Å². The number of rotatable bonds is 6. The molecule has 0 amide bonds. The predicted octanol–water partition coefficient (Wildman–Crippen LogP) is 1.31. The molecule has 6 nitrogen and oxygen atoms in total. The average molecular weight is 418 g/mol. The van der Waals surface area contributed by atoms with Crippen LogP contribution in [0.15, 0.2) is 28.7 Å². The fourth-order valence-corrected chi connectivity index (χ4v) is 5.35. The Morgan fingerprint density at radius 3 is 2.08 bits per heavy atom. The molecular formula is C19H22BrN4O2+. The van der Waals surface area contributed by atoms with Crippen LogP contribution in [-0.4, -0.2) is 25.0 Å². The molecular weight excluding hydrogens is 396 g/mol. The number of halogens is 1. The molecule has 1 heterocycles. The molecule has 1 aromatic carbocycles. The lowest BCUT2D eigenvalue weighted by atomic mass is 9.80. The lowest BCUT2D eigenvalue weighted by Gasteiger charge is -2.33. The van der Waals surface area contributed by atoms with Crippen LogP contribution in [-0.2, 0) is 14.9 Å². The molecule has 26 heavy (non-hydrogen) atoms. The zero-order valence-electron chi connectivity index (χ0n) is 15.1. The molecule has 2 aliphatic rings. The van der Waals surface area contributed by atoms with E-state index in [4.69, 9.17) is 15.2 Å². The summed E-state index contributed by atoms with van der Waals surface area (Å²) in [6, 6.07) is 12.4. The summed E-state index contributed by atoms with van der Waals surface area (Å²) in [7, 11) is 0. The van der Waals surface area contributed by atoms with Gasteiger partial charge in [-0.05, 0) is 38.0 Å². The zero-order valence-corrected chi connectivity index (χ0v) is 16.7. The van der Waals surface area contributed by atoms with Crippen molar-refractivity contribution in [1.29, 1.82) is 10.5 Å². The molecule has 136 valence electrons. The zero-order chi connectivity index (χ0) is 19.2. The van der Waals surface area contributed by atoms with E-state index in [0.29, 0.717) is 19.6 Å². The summed E-state index contributed by atoms with van der Waals surface area (Å²) in [5, 5.41) is 20.6. The van der Waals surface area contributed by atoms with Crippen molar-refractivity contribution in [1.82, 2.24) is 0 Å². The fraction of sp³-hybridized carbons (Fsp3) is 0.526. The van der Waals surface area contributed by atoms with Crippen LogP contribution < -0.4 is 10.7 Å². The first-order chi connectivity index (χ1) is 12.4. The second-order valence-corrected chi connectivity index (χ2v) is 7.43. The van der Waals surface area contributed by atoms with Crippen LogP contribution in [0.5, 0.6) is 0 Å². The summed E-state index contributed by atoms with van der Waals surface area (Å²) in [5.74, 6) is -1.23. The molecule has 1 aromatic rings. The van der Waals surface area contributed by atoms with Gasteiger partial charge in [0, 0.05) is 4.47 Å². The van der Waals surface area contributed by atoms with Gasteiger partial charge in [0.2, 0.25) is 0 Å². The van der Waals surface area contributed by atoms with E-state index in [1.54, 1.807) is 0 Å². The Morgan fingerprint density at radius 1 is 1.08 bits per heavy atom. The van der Waals surface area contributed by atoms with E-state index in [-0.39, 0.29) is 5.84 Å². The van der Waals surface area contributed by atoms with E-state index in [1.807, 2.05) is 45.0 Å². The second kappa shape index (κ2) is 6.06. The first kappa shape index (κ1) is 18.8. The number of ether oxygens (including phenoxy) is 2. The number of nitrogens with zero attached hydrogens (tertiary/aromatic N) is 2. The van der Waals surface area contributed by atoms with Gasteiger partial charge in [0.25, 0.3) is 5.84 Å². The fourth-order valence-electron chi connectivity index (χ4n) is 5.08. The normalized spacial score (nSPS) is 33.7. The van der Waals surface area contributed by atoms with Crippen LogP contribution in [0.3, 0.4) is 0 Å². The number of hydrogen-bond acceptors (Lipinski definition) is 5. The van der Waals surface area contributed by atoms with E-state index in [9.17, 15) is 10.5 Å². The molecule has 0 saturated heterocycles. The van der Waals surface area contributed by atoms with Crippen LogP contribution in [0.1, 0.15) is 32.8 Å². The lowest BCUT2D eigenvalue weighted by molar-refractivity contribution is -0.694. The number of nitriles is 2. The average Bonchev–Trinajstić information content (AvgIpc) is 3.13. The van der Waals surface area contributed by atoms with Crippen molar-refractivity contribution in [3.05, 3.63) is 34.3 Å². The summed E-state index contributed by atoms with van der Waals surface area (Å²) in [4.78, 5) is 3.02. The highest BCUT2D eigenvalue weighted by Crippen LogP contribution is 2.83. The van der Waals surface area contributed by atoms with Gasteiger partial charge < -0.3 is 9.47 Å². The highest BCUT2D eigenvalue weighted by Gasteiger charge is 3.03. The van der Waals surface area contributed by atoms with Crippen molar-refractivity contribution in [3.8, 4) is 12.1 Å². The van der Waals surface area contributed by atoms with Crippen molar-refractivity contribution < 1.29 is 14.5 Å². The van der Waals surface area contributed by atoms with E-state index in [1.165, 1.54) is 0 Å². The molecule has 1 aliphatic carbocycles. The maximum absolute atomic E-state index is 10.4. The molecule has 1 fully saturated rings. The Kier molecular flexibility index (Phi) is 4.39. The first-order valence-electron chi connectivity index (χ1n) is 8.71. The van der Waals surface area contributed by atoms with Crippen LogP contribution >= 0.6 is 15.9 Å². The summed E-state index contributed by atoms with van der Waals surface area (Å²) in [5.41, 5.74) is 3.86. The number of nitrogens with one attached hydrogen (secondary N) is 1. The lowest BCUT2D eigenvalue weighted by Crippen LogP contribution is -2.91. The number of fused-ring (bicyclic) bond motifs is 1. The largest absolute Gasteiger partial charge is 0.343 e. The Balaban J connectivity index is 2.35. The molecule has 1 saturated carbocycles. The van der Waals surface area contributed by atoms with Crippen molar-refractivity contribution in [3.63, 3.8) is 0 Å². The van der Waals surface area contributed by atoms with Crippen molar-refractivity contribution in [2.24, 2.45) is 16.6 Å². The summed E-state index contributed by atoms with van der Waals surface area (Å²) < 4.78 is 12.8. The maximum Gasteiger partial charge on any atom is 0.343 e. The minimum absolute atomic E-state index is 0.230. The van der Waals surface area contributed by atoms with E-state index in [2.05, 4.69) is 33.1 Å². The van der Waals surface area contributed by atoms with Crippen LogP contribution in [0.2, 0.25) is 0 Å². The third kappa shape index (κ3) is 1.69. The highest BCUT2D eigenvalue weighted by atomic mass is 79.9. The number of nitrogens with two attached hydrogens (primary N) is 1. The van der Waals surface area contributed by atoms with Gasteiger partial charge in [-0.1, -0.05) is 35.0 Å². The first-order valence-corrected chi connectivity index (χ1v) is 9.50. The number of benzene rings is 1. The highest BCUT2D eigenvalue weighted by molar-refractivity contribution is 9.10. The molecule has 3 N–H and O–H groups in total. The Morgan fingerprint density at radius 2 is 1.65 bits per heavy atom. The summed E-state index contributed by atoms with van der Waals surface area (Å²) in [6.45, 7) is 6.24. The van der Waals surface area contributed by atoms with Gasteiger partial charge in [0.1, 0.15) is 0 Å². The van der Waals surface area contributed by atoms with Crippen LogP contribution in [0.4, 0.5) is 0 Å². The van der Waals surface area contributed by atoms with Gasteiger partial charge in [-0.2, -0.15) is 10.5 Å². The van der Waals surface area contributed by atoms with E-state index in [0.717, 1.165) is 10.0 Å². The SMILES string of the molecule is CCOC1(OCC)[NH+]=C(N)[C@@]2(C#N)[C@](CC)(c3ccc(Br)cc3)[C@@]12C#N. The standard InChI is InChI=1S/C19H21BrN4O2/c1-4-16(13-7-9-14(20)10-8-13)17(11-21)15(23)24-19(25-5-2,26-6-3)18(16,17)12-22/h7-10H,4-6H2,1-3H3,(H2,23,24)/p+1/t16-,17-,18+/m0/s1. The third-order valence-corrected chi connectivity index (χ3v) is 6.40. The summed E-state index contributed by atoms with van der Waals surface area (Å²) in [6.07, 6.45) is 0.542. The van der Waals surface area contributed by atoms with E-state index < -0.39 is 22.2 Å². The van der Waals surface area contributed by atoms with Crippen molar-refractivity contribution >= 4 is 21.8 Å². The molecule has 7 heteroatoms. The molecule has 3 rings (SSSR count). The van der Waals surface area contributed by atoms with E-state index >= 15 is 0 Å². The maximum atomic E-state index is 10.4. The van der Waals surface area contributed by atoms with Crippen molar-refractivity contribution in [2.75, 3.05) is 13.2 Å². The number of hydrogen-bond donors (Lipinski definition) is 2. The topological polar surface area (TPSA) is 106 Å². The molecule has 0 bridgehead atoms. The van der Waals surface area contributed by atoms with Crippen LogP contribution in [0.25, 0.3) is 0 Å².